The lowest BCUT2D eigenvalue weighted by molar-refractivity contribution is 0.00203. The molecule has 0 saturated carbocycles. The maximum absolute atomic E-state index is 6.02. The van der Waals surface area contributed by atoms with Gasteiger partial charge in [-0.2, -0.15) is 0 Å². The van der Waals surface area contributed by atoms with Crippen LogP contribution in [0.4, 0.5) is 0 Å². The van der Waals surface area contributed by atoms with Crippen LogP contribution in [-0.2, 0) is 4.74 Å². The van der Waals surface area contributed by atoms with Gasteiger partial charge >= 0.3 is 0 Å². The first-order valence-electron chi connectivity index (χ1n) is 4.70. The molecule has 0 bridgehead atoms. The Morgan fingerprint density at radius 3 is 3.08 bits per heavy atom. The molecule has 1 aromatic heterocycles. The lowest BCUT2D eigenvalue weighted by Crippen LogP contribution is -2.34. The normalized spacial score (nSPS) is 29.1. The quantitative estimate of drug-likeness (QED) is 0.749. The van der Waals surface area contributed by atoms with E-state index in [-0.39, 0.29) is 12.1 Å². The smallest absolute Gasteiger partial charge is 0.107 e. The monoisotopic (exact) mass is 197 g/mol. The number of hydrogen-bond acceptors (Lipinski definition) is 3. The van der Waals surface area contributed by atoms with Crippen LogP contribution in [0.5, 0.6) is 0 Å². The second-order valence-electron chi connectivity index (χ2n) is 3.57. The Morgan fingerprint density at radius 1 is 1.62 bits per heavy atom. The van der Waals surface area contributed by atoms with Crippen LogP contribution >= 0.6 is 11.3 Å². The minimum Gasteiger partial charge on any atom is -0.371 e. The molecule has 3 heteroatoms. The van der Waals surface area contributed by atoms with Gasteiger partial charge in [-0.3, -0.25) is 0 Å². The first kappa shape index (κ1) is 9.19. The van der Waals surface area contributed by atoms with Gasteiger partial charge in [-0.05, 0) is 36.8 Å². The summed E-state index contributed by atoms with van der Waals surface area (Å²) in [5.41, 5.74) is 7.33. The van der Waals surface area contributed by atoms with E-state index in [0.29, 0.717) is 0 Å². The summed E-state index contributed by atoms with van der Waals surface area (Å²) in [6.45, 7) is 2.98. The van der Waals surface area contributed by atoms with Crippen molar-refractivity contribution in [1.29, 1.82) is 0 Å². The van der Waals surface area contributed by atoms with Gasteiger partial charge in [0.15, 0.2) is 0 Å². The van der Waals surface area contributed by atoms with Crippen LogP contribution in [0.15, 0.2) is 11.4 Å². The number of aryl methyl sites for hydroxylation is 1. The summed E-state index contributed by atoms with van der Waals surface area (Å²) in [7, 11) is 0. The van der Waals surface area contributed by atoms with Gasteiger partial charge in [-0.1, -0.05) is 0 Å². The Labute approximate surface area is 82.7 Å². The molecule has 0 amide bonds. The van der Waals surface area contributed by atoms with E-state index < -0.39 is 0 Å². The zero-order valence-corrected chi connectivity index (χ0v) is 8.64. The Bertz CT molecular complexity index is 284. The number of hydrogen-bond donors (Lipinski definition) is 1. The molecule has 2 nitrogen and oxygen atoms in total. The molecule has 0 radical (unpaired) electrons. The molecule has 0 aliphatic carbocycles. The summed E-state index contributed by atoms with van der Waals surface area (Å²) >= 11 is 1.75. The highest BCUT2D eigenvalue weighted by Crippen LogP contribution is 2.32. The predicted octanol–water partition coefficient (Wildman–Crippen LogP) is 2.24. The molecule has 2 rings (SSSR count). The Kier molecular flexibility index (Phi) is 2.67. The summed E-state index contributed by atoms with van der Waals surface area (Å²) in [4.78, 5) is 1.31. The molecule has 2 N–H and O–H groups in total. The molecule has 1 aliphatic rings. The van der Waals surface area contributed by atoms with Gasteiger partial charge < -0.3 is 10.5 Å². The minimum absolute atomic E-state index is 0.147. The molecule has 13 heavy (non-hydrogen) atoms. The van der Waals surface area contributed by atoms with E-state index in [1.54, 1.807) is 11.3 Å². The Hall–Kier alpha value is -0.380. The molecular formula is C10H15NOS. The molecule has 0 spiro atoms. The molecule has 72 valence electrons. The van der Waals surface area contributed by atoms with Gasteiger partial charge in [0.25, 0.3) is 0 Å². The van der Waals surface area contributed by atoms with Gasteiger partial charge in [0, 0.05) is 17.5 Å². The van der Waals surface area contributed by atoms with E-state index >= 15 is 0 Å². The molecule has 1 aromatic rings. The molecule has 1 aliphatic heterocycles. The zero-order valence-electron chi connectivity index (χ0n) is 7.82. The number of thiophene rings is 1. The second kappa shape index (κ2) is 3.78. The highest BCUT2D eigenvalue weighted by Gasteiger charge is 2.26. The summed E-state index contributed by atoms with van der Waals surface area (Å²) in [6, 6.07) is 2.32. The first-order chi connectivity index (χ1) is 6.29. The molecule has 0 aromatic carbocycles. The third-order valence-electron chi connectivity index (χ3n) is 2.53. The van der Waals surface area contributed by atoms with Crippen molar-refractivity contribution in [3.63, 3.8) is 0 Å². The molecule has 2 heterocycles. The SMILES string of the molecule is Cc1ccsc1C1OCCCC1N. The lowest BCUT2D eigenvalue weighted by atomic mass is 10.0. The largest absolute Gasteiger partial charge is 0.371 e. The van der Waals surface area contributed by atoms with E-state index in [4.69, 9.17) is 10.5 Å². The molecular weight excluding hydrogens is 182 g/mol. The Morgan fingerprint density at radius 2 is 2.46 bits per heavy atom. The van der Waals surface area contributed by atoms with Crippen LogP contribution in [0.2, 0.25) is 0 Å². The molecule has 1 fully saturated rings. The fraction of sp³-hybridized carbons (Fsp3) is 0.600. The predicted molar refractivity (Wildman–Crippen MR) is 55.0 cm³/mol. The fourth-order valence-corrected chi connectivity index (χ4v) is 2.80. The zero-order chi connectivity index (χ0) is 9.26. The molecule has 2 unspecified atom stereocenters. The van der Waals surface area contributed by atoms with Gasteiger partial charge in [0.1, 0.15) is 6.10 Å². The van der Waals surface area contributed by atoms with Crippen molar-refractivity contribution in [2.24, 2.45) is 5.73 Å². The first-order valence-corrected chi connectivity index (χ1v) is 5.58. The van der Waals surface area contributed by atoms with E-state index in [2.05, 4.69) is 18.4 Å². The van der Waals surface area contributed by atoms with E-state index in [1.807, 2.05) is 0 Å². The van der Waals surface area contributed by atoms with Crippen LogP contribution in [0.1, 0.15) is 29.4 Å². The van der Waals surface area contributed by atoms with Crippen molar-refractivity contribution < 1.29 is 4.74 Å². The van der Waals surface area contributed by atoms with Crippen molar-refractivity contribution in [1.82, 2.24) is 0 Å². The standard InChI is InChI=1S/C10H15NOS/c1-7-4-6-13-10(7)9-8(11)3-2-5-12-9/h4,6,8-9H,2-3,5,11H2,1H3. The van der Waals surface area contributed by atoms with Crippen molar-refractivity contribution in [2.45, 2.75) is 31.9 Å². The van der Waals surface area contributed by atoms with Crippen LogP contribution in [0.25, 0.3) is 0 Å². The Balaban J connectivity index is 2.19. The maximum atomic E-state index is 6.02. The molecule has 2 atom stereocenters. The maximum Gasteiger partial charge on any atom is 0.107 e. The number of nitrogens with two attached hydrogens (primary N) is 1. The van der Waals surface area contributed by atoms with Gasteiger partial charge in [-0.25, -0.2) is 0 Å². The van der Waals surface area contributed by atoms with Crippen molar-refractivity contribution in [3.05, 3.63) is 21.9 Å². The van der Waals surface area contributed by atoms with E-state index in [0.717, 1.165) is 19.4 Å². The van der Waals surface area contributed by atoms with Crippen molar-refractivity contribution >= 4 is 11.3 Å². The van der Waals surface area contributed by atoms with Crippen LogP contribution in [0.3, 0.4) is 0 Å². The molecule has 1 saturated heterocycles. The van der Waals surface area contributed by atoms with Crippen LogP contribution in [0, 0.1) is 6.92 Å². The van der Waals surface area contributed by atoms with Gasteiger partial charge in [0.2, 0.25) is 0 Å². The summed E-state index contributed by atoms with van der Waals surface area (Å²) in [5.74, 6) is 0. The fourth-order valence-electron chi connectivity index (χ4n) is 1.75. The topological polar surface area (TPSA) is 35.2 Å². The van der Waals surface area contributed by atoms with E-state index in [1.165, 1.54) is 10.4 Å². The number of rotatable bonds is 1. The van der Waals surface area contributed by atoms with Crippen molar-refractivity contribution in [2.75, 3.05) is 6.61 Å². The summed E-state index contributed by atoms with van der Waals surface area (Å²) in [5, 5.41) is 2.11. The third-order valence-corrected chi connectivity index (χ3v) is 3.61. The average molecular weight is 197 g/mol. The van der Waals surface area contributed by atoms with Gasteiger partial charge in [-0.15, -0.1) is 11.3 Å². The lowest BCUT2D eigenvalue weighted by Gasteiger charge is -2.28. The van der Waals surface area contributed by atoms with Crippen LogP contribution < -0.4 is 5.73 Å². The number of ether oxygens (including phenoxy) is 1. The van der Waals surface area contributed by atoms with Gasteiger partial charge in [0.05, 0.1) is 0 Å². The summed E-state index contributed by atoms with van der Waals surface area (Å²) < 4.78 is 5.70. The average Bonchev–Trinajstić information content (AvgIpc) is 2.52. The second-order valence-corrected chi connectivity index (χ2v) is 4.51. The third kappa shape index (κ3) is 1.77. The van der Waals surface area contributed by atoms with Crippen molar-refractivity contribution in [3.8, 4) is 0 Å². The summed E-state index contributed by atoms with van der Waals surface area (Å²) in [6.07, 6.45) is 2.33. The minimum atomic E-state index is 0.147. The van der Waals surface area contributed by atoms with Crippen LogP contribution in [-0.4, -0.2) is 12.6 Å². The highest BCUT2D eigenvalue weighted by atomic mass is 32.1. The highest BCUT2D eigenvalue weighted by molar-refractivity contribution is 7.10. The van der Waals surface area contributed by atoms with E-state index in [9.17, 15) is 0 Å².